The van der Waals surface area contributed by atoms with E-state index in [0.717, 1.165) is 44.4 Å². The molecule has 1 aliphatic rings. The molecule has 5 rings (SSSR count). The summed E-state index contributed by atoms with van der Waals surface area (Å²) >= 11 is 1.68. The predicted octanol–water partition coefficient (Wildman–Crippen LogP) is 5.59. The third kappa shape index (κ3) is 4.35. The van der Waals surface area contributed by atoms with Crippen molar-refractivity contribution in [2.24, 2.45) is 4.99 Å². The highest BCUT2D eigenvalue weighted by Crippen LogP contribution is 2.39. The van der Waals surface area contributed by atoms with Crippen molar-refractivity contribution in [2.75, 3.05) is 7.11 Å². The lowest BCUT2D eigenvalue weighted by Gasteiger charge is -2.12. The second-order valence-electron chi connectivity index (χ2n) is 8.72. The second-order valence-corrected chi connectivity index (χ2v) is 9.93. The van der Waals surface area contributed by atoms with E-state index in [-0.39, 0.29) is 18.1 Å². The summed E-state index contributed by atoms with van der Waals surface area (Å²) in [5, 5.41) is 19.2. The Bertz CT molecular complexity index is 1500. The molecule has 182 valence electrons. The molecule has 0 aliphatic carbocycles. The maximum Gasteiger partial charge on any atom is 0.308 e. The van der Waals surface area contributed by atoms with Crippen LogP contribution >= 0.6 is 11.3 Å². The molecule has 4 aromatic rings. The second kappa shape index (κ2) is 9.54. The average Bonchev–Trinajstić information content (AvgIpc) is 3.36. The van der Waals surface area contributed by atoms with Crippen LogP contribution in [0.25, 0.3) is 17.2 Å². The standard InChI is InChI=1S/C28H26N4O3S/c1-16-17(2)36-28-25(16)26(29-23(15-24(34)35-4)27-31-30-18(3)32(27)28)21-11-7-19(8-12-21)5-6-20-9-13-22(33)14-10-20/h5-14,23,33H,15H2,1-4H3/t23-/m0/s1. The molecule has 1 atom stereocenters. The largest absolute Gasteiger partial charge is 0.508 e. The third-order valence-electron chi connectivity index (χ3n) is 6.37. The minimum atomic E-state index is -0.512. The van der Waals surface area contributed by atoms with Crippen molar-refractivity contribution in [1.29, 1.82) is 0 Å². The molecule has 0 radical (unpaired) electrons. The van der Waals surface area contributed by atoms with E-state index >= 15 is 0 Å². The molecule has 2 aromatic heterocycles. The summed E-state index contributed by atoms with van der Waals surface area (Å²) in [6, 6.07) is 14.8. The third-order valence-corrected chi connectivity index (χ3v) is 7.57. The van der Waals surface area contributed by atoms with Gasteiger partial charge >= 0.3 is 5.97 Å². The van der Waals surface area contributed by atoms with Gasteiger partial charge in [0.05, 0.1) is 19.2 Å². The van der Waals surface area contributed by atoms with Crippen molar-refractivity contribution in [3.63, 3.8) is 0 Å². The summed E-state index contributed by atoms with van der Waals surface area (Å²) in [5.74, 6) is 1.30. The average molecular weight is 499 g/mol. The Kier molecular flexibility index (Phi) is 6.28. The van der Waals surface area contributed by atoms with Crippen molar-refractivity contribution in [2.45, 2.75) is 33.2 Å². The van der Waals surface area contributed by atoms with Crippen molar-refractivity contribution >= 4 is 35.2 Å². The molecule has 0 saturated carbocycles. The van der Waals surface area contributed by atoms with Crippen LogP contribution in [-0.2, 0) is 9.53 Å². The number of nitrogens with zero attached hydrogens (tertiary/aromatic N) is 4. The molecule has 0 spiro atoms. The summed E-state index contributed by atoms with van der Waals surface area (Å²) < 4.78 is 6.99. The normalized spacial score (nSPS) is 14.8. The minimum absolute atomic E-state index is 0.0819. The maximum atomic E-state index is 12.3. The van der Waals surface area contributed by atoms with Crippen molar-refractivity contribution in [3.8, 4) is 10.8 Å². The van der Waals surface area contributed by atoms with Gasteiger partial charge in [0.2, 0.25) is 0 Å². The summed E-state index contributed by atoms with van der Waals surface area (Å²) in [4.78, 5) is 18.6. The van der Waals surface area contributed by atoms with E-state index in [9.17, 15) is 9.90 Å². The summed E-state index contributed by atoms with van der Waals surface area (Å²) in [6.07, 6.45) is 4.11. The van der Waals surface area contributed by atoms with Crippen molar-refractivity contribution in [3.05, 3.63) is 92.9 Å². The van der Waals surface area contributed by atoms with Gasteiger partial charge in [-0.3, -0.25) is 14.4 Å². The Labute approximate surface area is 213 Å². The number of hydrogen-bond acceptors (Lipinski definition) is 7. The number of carbonyl (C=O) groups excluding carboxylic acids is 1. The Morgan fingerprint density at radius 1 is 1.03 bits per heavy atom. The molecule has 1 N–H and O–H groups in total. The molecular formula is C28H26N4O3S. The predicted molar refractivity (Wildman–Crippen MR) is 142 cm³/mol. The van der Waals surface area contributed by atoms with Crippen molar-refractivity contribution < 1.29 is 14.6 Å². The Balaban J connectivity index is 1.58. The number of hydrogen-bond donors (Lipinski definition) is 1. The van der Waals surface area contributed by atoms with Gasteiger partial charge in [0.25, 0.3) is 0 Å². The molecular weight excluding hydrogens is 472 g/mol. The Hall–Kier alpha value is -4.04. The highest BCUT2D eigenvalue weighted by atomic mass is 32.1. The molecule has 0 bridgehead atoms. The highest BCUT2D eigenvalue weighted by molar-refractivity contribution is 7.15. The van der Waals surface area contributed by atoms with Crippen LogP contribution in [0.2, 0.25) is 0 Å². The summed E-state index contributed by atoms with van der Waals surface area (Å²) in [7, 11) is 1.38. The van der Waals surface area contributed by atoms with E-state index in [2.05, 4.69) is 48.3 Å². The number of esters is 1. The number of fused-ring (bicyclic) bond motifs is 3. The van der Waals surface area contributed by atoms with Crippen LogP contribution in [0.3, 0.4) is 0 Å². The number of aromatic hydroxyl groups is 1. The lowest BCUT2D eigenvalue weighted by Crippen LogP contribution is -2.12. The highest BCUT2D eigenvalue weighted by Gasteiger charge is 2.32. The number of phenolic OH excluding ortho intramolecular Hbond substituents is 1. The molecule has 0 unspecified atom stereocenters. The maximum absolute atomic E-state index is 12.3. The number of benzene rings is 2. The zero-order valence-electron chi connectivity index (χ0n) is 20.5. The Morgan fingerprint density at radius 3 is 2.31 bits per heavy atom. The summed E-state index contributed by atoms with van der Waals surface area (Å²) in [5.41, 5.74) is 6.04. The number of aliphatic imine (C=N–C) groups is 1. The van der Waals surface area contributed by atoms with Gasteiger partial charge < -0.3 is 9.84 Å². The first-order valence-corrected chi connectivity index (χ1v) is 12.4. The molecule has 0 saturated heterocycles. The molecule has 36 heavy (non-hydrogen) atoms. The number of carbonyl (C=O) groups is 1. The van der Waals surface area contributed by atoms with Gasteiger partial charge in [-0.25, -0.2) is 0 Å². The fourth-order valence-electron chi connectivity index (χ4n) is 4.30. The number of rotatable bonds is 5. The first-order chi connectivity index (χ1) is 17.4. The molecule has 7 nitrogen and oxygen atoms in total. The number of methoxy groups -OCH3 is 1. The van der Waals surface area contributed by atoms with Crippen LogP contribution in [0.1, 0.15) is 56.8 Å². The first kappa shape index (κ1) is 23.7. The van der Waals surface area contributed by atoms with E-state index < -0.39 is 6.04 Å². The van der Waals surface area contributed by atoms with Gasteiger partial charge in [0.1, 0.15) is 22.6 Å². The van der Waals surface area contributed by atoms with Crippen LogP contribution in [0.5, 0.6) is 5.75 Å². The SMILES string of the molecule is COC(=O)C[C@@H]1N=C(c2ccc(C=Cc3ccc(O)cc3)cc2)c2c(sc(C)c2C)-n2c(C)nnc21. The number of aromatic nitrogens is 3. The summed E-state index contributed by atoms with van der Waals surface area (Å²) in [6.45, 7) is 6.13. The molecule has 3 heterocycles. The molecule has 8 heteroatoms. The molecule has 0 fully saturated rings. The van der Waals surface area contributed by atoms with Gasteiger partial charge in [0.15, 0.2) is 5.82 Å². The molecule has 0 amide bonds. The zero-order valence-corrected chi connectivity index (χ0v) is 21.3. The van der Waals surface area contributed by atoms with Gasteiger partial charge in [-0.1, -0.05) is 48.6 Å². The number of phenols is 1. The van der Waals surface area contributed by atoms with Crippen LogP contribution in [-0.4, -0.2) is 38.7 Å². The fourth-order valence-corrected chi connectivity index (χ4v) is 5.51. The van der Waals surface area contributed by atoms with E-state index in [1.165, 1.54) is 12.0 Å². The number of ether oxygens (including phenoxy) is 1. The van der Waals surface area contributed by atoms with E-state index in [4.69, 9.17) is 9.73 Å². The number of thiophene rings is 1. The van der Waals surface area contributed by atoms with E-state index in [1.54, 1.807) is 23.5 Å². The van der Waals surface area contributed by atoms with E-state index in [0.29, 0.717) is 5.82 Å². The van der Waals surface area contributed by atoms with Crippen molar-refractivity contribution in [1.82, 2.24) is 14.8 Å². The van der Waals surface area contributed by atoms with Crippen LogP contribution in [0.15, 0.2) is 53.5 Å². The van der Waals surface area contributed by atoms with Crippen LogP contribution in [0, 0.1) is 20.8 Å². The van der Waals surface area contributed by atoms with E-state index in [1.807, 2.05) is 35.8 Å². The Morgan fingerprint density at radius 2 is 1.67 bits per heavy atom. The molecule has 2 aromatic carbocycles. The first-order valence-electron chi connectivity index (χ1n) is 11.6. The van der Waals surface area contributed by atoms with Crippen LogP contribution < -0.4 is 0 Å². The van der Waals surface area contributed by atoms with Gasteiger partial charge in [0, 0.05) is 16.0 Å². The zero-order chi connectivity index (χ0) is 25.4. The van der Waals surface area contributed by atoms with Crippen LogP contribution in [0.4, 0.5) is 0 Å². The van der Waals surface area contributed by atoms with Gasteiger partial charge in [-0.2, -0.15) is 0 Å². The van der Waals surface area contributed by atoms with Gasteiger partial charge in [-0.15, -0.1) is 21.5 Å². The molecule has 1 aliphatic heterocycles. The smallest absolute Gasteiger partial charge is 0.308 e. The fraction of sp³-hybridized carbons (Fsp3) is 0.214. The minimum Gasteiger partial charge on any atom is -0.508 e. The lowest BCUT2D eigenvalue weighted by molar-refractivity contribution is -0.141. The lowest BCUT2D eigenvalue weighted by atomic mass is 9.98. The number of aryl methyl sites for hydroxylation is 2. The topological polar surface area (TPSA) is 89.6 Å². The monoisotopic (exact) mass is 498 g/mol. The van der Waals surface area contributed by atoms with Gasteiger partial charge in [-0.05, 0) is 49.6 Å². The quantitative estimate of drug-likeness (QED) is 0.286.